The van der Waals surface area contributed by atoms with Gasteiger partial charge in [-0.3, -0.25) is 0 Å². The fraction of sp³-hybridized carbons (Fsp3) is 0. The zero-order chi connectivity index (χ0) is 65.5. The summed E-state index contributed by atoms with van der Waals surface area (Å²) in [5.74, 6) is 0. The lowest BCUT2D eigenvalue weighted by atomic mass is 9.94. The minimum Gasteiger partial charge on any atom is -0.309 e. The van der Waals surface area contributed by atoms with Crippen molar-refractivity contribution in [3.63, 3.8) is 0 Å². The number of benzene rings is 15. The van der Waals surface area contributed by atoms with Gasteiger partial charge < -0.3 is 18.3 Å². The molecular weight excluding hydrogens is 1210 g/mol. The number of para-hydroxylation sites is 3. The molecular formula is C94H58N6. The number of hydrogen-bond donors (Lipinski definition) is 0. The average molecular weight is 1270 g/mol. The first kappa shape index (κ1) is 55.8. The Morgan fingerprint density at radius 2 is 0.480 bits per heavy atom. The highest BCUT2D eigenvalue weighted by Gasteiger charge is 2.23. The predicted molar refractivity (Wildman–Crippen MR) is 419 cm³/mol. The van der Waals surface area contributed by atoms with Crippen LogP contribution in [-0.4, -0.2) is 28.2 Å². The second-order valence-electron chi connectivity index (χ2n) is 26.4. The molecule has 6 nitrogen and oxygen atoms in total. The predicted octanol–water partition coefficient (Wildman–Crippen LogP) is 24.7. The lowest BCUT2D eigenvalue weighted by Crippen LogP contribution is -1.96. The van der Waals surface area contributed by atoms with Gasteiger partial charge in [0.05, 0.1) is 66.6 Å². The Bertz CT molecular complexity index is 6900. The van der Waals surface area contributed by atoms with E-state index in [0.717, 1.165) is 133 Å². The SMILES string of the molecule is c1ccc(-c2ccc(-n3c4cc(-c5ccc6c7cc(-c8ccc9c(n8)c8ccccc8n9-c8ccccc8)ccc7n(-c7ccc8c9ccccc9c9ccccc9c8c7)c6c5)ccc4c4nc(-c5ccc6c(c5)c5ccccc5n6-c5cccc(-c6ccccc6)c5)ccc43)cc2)cc1. The molecule has 0 atom stereocenters. The van der Waals surface area contributed by atoms with Crippen molar-refractivity contribution in [3.05, 3.63) is 352 Å². The molecule has 0 bridgehead atoms. The average Bonchev–Trinajstić information content (AvgIpc) is 1.42. The van der Waals surface area contributed by atoms with Crippen LogP contribution in [0.5, 0.6) is 0 Å². The van der Waals surface area contributed by atoms with Gasteiger partial charge in [0, 0.05) is 66.2 Å². The highest BCUT2D eigenvalue weighted by molar-refractivity contribution is 6.26. The van der Waals surface area contributed by atoms with Crippen LogP contribution < -0.4 is 0 Å². The van der Waals surface area contributed by atoms with Gasteiger partial charge in [-0.2, -0.15) is 0 Å². The highest BCUT2D eigenvalue weighted by atomic mass is 15.0. The van der Waals surface area contributed by atoms with E-state index in [1.807, 2.05) is 0 Å². The van der Waals surface area contributed by atoms with Gasteiger partial charge >= 0.3 is 0 Å². The minimum absolute atomic E-state index is 0.920. The summed E-state index contributed by atoms with van der Waals surface area (Å²) in [7, 11) is 0. The zero-order valence-electron chi connectivity index (χ0n) is 54.2. The molecule has 0 amide bonds. The van der Waals surface area contributed by atoms with Crippen molar-refractivity contribution < 1.29 is 0 Å². The van der Waals surface area contributed by atoms with Crippen molar-refractivity contribution >= 4 is 120 Å². The van der Waals surface area contributed by atoms with E-state index in [4.69, 9.17) is 9.97 Å². The first-order valence-electron chi connectivity index (χ1n) is 34.3. The molecule has 0 saturated carbocycles. The third kappa shape index (κ3) is 8.64. The van der Waals surface area contributed by atoms with E-state index >= 15 is 0 Å². The Kier molecular flexibility index (Phi) is 12.3. The standard InChI is InChI=1S/C94H58N6/c1-4-19-59(20-5-1)61-35-41-68(42-36-61)98-90-52-48-84(65-39-49-87-81(54-65)76-31-14-16-33-85(76)99(87)69-26-18-23-62(53-69)60-21-6-2-7-22-60)96-94(90)79-45-38-64(57-92(79)98)63-37-44-77-82-55-66(83-47-51-89-93(95-83)78-32-15-17-34-86(78)97(89)67-24-8-3-9-25-67)40-50-88(82)100(91(77)56-63)70-43-46-75-73-29-11-10-27-71(73)72-28-12-13-30-74(72)80(75)58-70/h1-58H. The molecule has 6 heteroatoms. The summed E-state index contributed by atoms with van der Waals surface area (Å²) in [6, 6.07) is 129. The monoisotopic (exact) mass is 1270 g/mol. The molecule has 0 fully saturated rings. The summed E-state index contributed by atoms with van der Waals surface area (Å²) in [5, 5.41) is 14.4. The number of rotatable bonds is 9. The van der Waals surface area contributed by atoms with E-state index in [1.165, 1.54) is 65.3 Å². The molecule has 21 aromatic rings. The molecule has 6 heterocycles. The molecule has 6 aromatic heterocycles. The molecule has 21 rings (SSSR count). The lowest BCUT2D eigenvalue weighted by Gasteiger charge is -2.14. The second kappa shape index (κ2) is 22.1. The normalized spacial score (nSPS) is 12.0. The molecule has 15 aromatic carbocycles. The molecule has 0 aliphatic heterocycles. The second-order valence-corrected chi connectivity index (χ2v) is 26.4. The lowest BCUT2D eigenvalue weighted by molar-refractivity contribution is 1.17. The van der Waals surface area contributed by atoms with Gasteiger partial charge in [0.2, 0.25) is 0 Å². The maximum absolute atomic E-state index is 5.69. The van der Waals surface area contributed by atoms with Crippen molar-refractivity contribution in [1.82, 2.24) is 28.2 Å². The van der Waals surface area contributed by atoms with Gasteiger partial charge in [0.1, 0.15) is 0 Å². The summed E-state index contributed by atoms with van der Waals surface area (Å²) >= 11 is 0. The number of hydrogen-bond acceptors (Lipinski definition) is 2. The van der Waals surface area contributed by atoms with E-state index < -0.39 is 0 Å². The summed E-state index contributed by atoms with van der Waals surface area (Å²) < 4.78 is 9.62. The first-order chi connectivity index (χ1) is 49.6. The van der Waals surface area contributed by atoms with Gasteiger partial charge in [-0.15, -0.1) is 0 Å². The van der Waals surface area contributed by atoms with E-state index in [1.54, 1.807) is 0 Å². The molecule has 0 aliphatic rings. The Balaban J connectivity index is 0.740. The molecule has 0 N–H and O–H groups in total. The summed E-state index contributed by atoms with van der Waals surface area (Å²) in [6.45, 7) is 0. The van der Waals surface area contributed by atoms with Gasteiger partial charge in [0.15, 0.2) is 0 Å². The molecule has 464 valence electrons. The summed E-state index contributed by atoms with van der Waals surface area (Å²) in [5.41, 5.74) is 26.1. The summed E-state index contributed by atoms with van der Waals surface area (Å²) in [4.78, 5) is 11.2. The number of fused-ring (bicyclic) bond motifs is 18. The van der Waals surface area contributed by atoms with E-state index in [2.05, 4.69) is 370 Å². The Hall–Kier alpha value is -13.4. The van der Waals surface area contributed by atoms with E-state index in [0.29, 0.717) is 0 Å². The van der Waals surface area contributed by atoms with Crippen molar-refractivity contribution in [2.45, 2.75) is 0 Å². The van der Waals surface area contributed by atoms with Crippen LogP contribution >= 0.6 is 0 Å². The van der Waals surface area contributed by atoms with Crippen LogP contribution in [0.3, 0.4) is 0 Å². The van der Waals surface area contributed by atoms with Crippen LogP contribution in [0.25, 0.3) is 198 Å². The van der Waals surface area contributed by atoms with Crippen molar-refractivity contribution in [3.8, 4) is 78.6 Å². The molecule has 0 unspecified atom stereocenters. The maximum Gasteiger partial charge on any atom is 0.0971 e. The largest absolute Gasteiger partial charge is 0.309 e. The maximum atomic E-state index is 5.69. The fourth-order valence-electron chi connectivity index (χ4n) is 16.3. The van der Waals surface area contributed by atoms with Crippen molar-refractivity contribution in [2.75, 3.05) is 0 Å². The van der Waals surface area contributed by atoms with Crippen LogP contribution in [0.4, 0.5) is 0 Å². The molecule has 0 radical (unpaired) electrons. The zero-order valence-corrected chi connectivity index (χ0v) is 54.2. The quantitative estimate of drug-likeness (QED) is 0.135. The van der Waals surface area contributed by atoms with Gasteiger partial charge in [0.25, 0.3) is 0 Å². The minimum atomic E-state index is 0.920. The number of pyridine rings is 2. The van der Waals surface area contributed by atoms with Crippen LogP contribution in [-0.2, 0) is 0 Å². The fourth-order valence-corrected chi connectivity index (χ4v) is 16.3. The Labute approximate surface area is 575 Å². The topological polar surface area (TPSA) is 45.5 Å². The third-order valence-corrected chi connectivity index (χ3v) is 20.9. The van der Waals surface area contributed by atoms with Gasteiger partial charge in [-0.1, -0.05) is 224 Å². The van der Waals surface area contributed by atoms with Crippen molar-refractivity contribution in [2.24, 2.45) is 0 Å². The molecule has 0 saturated heterocycles. The highest BCUT2D eigenvalue weighted by Crippen LogP contribution is 2.44. The number of nitrogens with zero attached hydrogens (tertiary/aromatic N) is 6. The summed E-state index contributed by atoms with van der Waals surface area (Å²) in [6.07, 6.45) is 0. The van der Waals surface area contributed by atoms with E-state index in [-0.39, 0.29) is 0 Å². The molecule has 0 aliphatic carbocycles. The van der Waals surface area contributed by atoms with E-state index in [9.17, 15) is 0 Å². The Morgan fingerprint density at radius 1 is 0.150 bits per heavy atom. The van der Waals surface area contributed by atoms with Gasteiger partial charge in [-0.25, -0.2) is 9.97 Å². The van der Waals surface area contributed by atoms with Gasteiger partial charge in [-0.05, 0) is 193 Å². The van der Waals surface area contributed by atoms with Crippen LogP contribution in [0.2, 0.25) is 0 Å². The smallest absolute Gasteiger partial charge is 0.0971 e. The molecule has 0 spiro atoms. The molecule has 100 heavy (non-hydrogen) atoms. The Morgan fingerprint density at radius 3 is 1.09 bits per heavy atom. The first-order valence-corrected chi connectivity index (χ1v) is 34.3. The van der Waals surface area contributed by atoms with Crippen LogP contribution in [0.15, 0.2) is 352 Å². The third-order valence-electron chi connectivity index (χ3n) is 20.9. The number of aromatic nitrogens is 6. The van der Waals surface area contributed by atoms with Crippen LogP contribution in [0.1, 0.15) is 0 Å². The van der Waals surface area contributed by atoms with Crippen LogP contribution in [0, 0.1) is 0 Å². The van der Waals surface area contributed by atoms with Crippen molar-refractivity contribution in [1.29, 1.82) is 0 Å².